The maximum absolute atomic E-state index is 10.2. The Hall–Kier alpha value is -1.25. The molecule has 0 radical (unpaired) electrons. The predicted molar refractivity (Wildman–Crippen MR) is 53.9 cm³/mol. The summed E-state index contributed by atoms with van der Waals surface area (Å²) in [5.41, 5.74) is 0. The number of allylic oxidation sites excluding steroid dienone is 3. The lowest BCUT2D eigenvalue weighted by Crippen LogP contribution is -1.98. The number of hydrogen-bond acceptors (Lipinski definition) is 2. The van der Waals surface area contributed by atoms with E-state index in [2.05, 4.69) is 12.2 Å². The van der Waals surface area contributed by atoms with Gasteiger partial charge in [0.25, 0.3) is 0 Å². The summed E-state index contributed by atoms with van der Waals surface area (Å²) >= 11 is 0. The molecule has 0 amide bonds. The molecule has 78 valence electrons. The zero-order chi connectivity index (χ0) is 10.2. The van der Waals surface area contributed by atoms with Crippen LogP contribution in [0.25, 0.3) is 0 Å². The summed E-state index contributed by atoms with van der Waals surface area (Å²) in [7, 11) is 0. The fourth-order valence-corrected chi connectivity index (χ4v) is 1.26. The van der Waals surface area contributed by atoms with Gasteiger partial charge < -0.3 is 9.84 Å². The van der Waals surface area contributed by atoms with Crippen molar-refractivity contribution in [3.8, 4) is 0 Å². The van der Waals surface area contributed by atoms with Gasteiger partial charge in [-0.15, -0.1) is 0 Å². The van der Waals surface area contributed by atoms with Crippen LogP contribution in [-0.2, 0) is 9.53 Å². The molecule has 0 bridgehead atoms. The van der Waals surface area contributed by atoms with Crippen LogP contribution >= 0.6 is 0 Å². The molecule has 3 nitrogen and oxygen atoms in total. The number of carboxylic acid groups (broad SMARTS) is 1. The maximum Gasteiger partial charge on any atom is 0.303 e. The Morgan fingerprint density at radius 2 is 2.29 bits per heavy atom. The zero-order valence-electron chi connectivity index (χ0n) is 8.24. The minimum Gasteiger partial charge on any atom is -0.494 e. The van der Waals surface area contributed by atoms with Gasteiger partial charge in [0.1, 0.15) is 5.76 Å². The monoisotopic (exact) mass is 196 g/mol. The van der Waals surface area contributed by atoms with Gasteiger partial charge in [-0.05, 0) is 37.8 Å². The molecule has 0 aromatic rings. The van der Waals surface area contributed by atoms with E-state index in [1.807, 2.05) is 6.08 Å². The van der Waals surface area contributed by atoms with E-state index in [0.717, 1.165) is 25.0 Å². The highest BCUT2D eigenvalue weighted by atomic mass is 16.5. The Labute approximate surface area is 84.1 Å². The zero-order valence-corrected chi connectivity index (χ0v) is 8.24. The third-order valence-corrected chi connectivity index (χ3v) is 2.01. The Morgan fingerprint density at radius 1 is 1.43 bits per heavy atom. The molecule has 0 aliphatic heterocycles. The minimum atomic E-state index is -0.734. The largest absolute Gasteiger partial charge is 0.494 e. The molecule has 0 heterocycles. The lowest BCUT2D eigenvalue weighted by atomic mass is 10.2. The van der Waals surface area contributed by atoms with Gasteiger partial charge in [-0.3, -0.25) is 4.79 Å². The van der Waals surface area contributed by atoms with E-state index in [1.165, 1.54) is 0 Å². The summed E-state index contributed by atoms with van der Waals surface area (Å²) in [6, 6.07) is 0. The van der Waals surface area contributed by atoms with Crippen LogP contribution in [0.1, 0.15) is 32.1 Å². The van der Waals surface area contributed by atoms with E-state index >= 15 is 0 Å². The highest BCUT2D eigenvalue weighted by molar-refractivity contribution is 5.66. The molecular weight excluding hydrogens is 180 g/mol. The molecule has 1 N–H and O–H groups in total. The number of carboxylic acids is 1. The molecule has 0 unspecified atom stereocenters. The molecule has 1 aliphatic carbocycles. The van der Waals surface area contributed by atoms with Gasteiger partial charge in [0.15, 0.2) is 0 Å². The third kappa shape index (κ3) is 4.70. The van der Waals surface area contributed by atoms with Crippen LogP contribution in [-0.4, -0.2) is 17.7 Å². The molecule has 0 saturated carbocycles. The summed E-state index contributed by atoms with van der Waals surface area (Å²) < 4.78 is 5.45. The van der Waals surface area contributed by atoms with Gasteiger partial charge in [0.05, 0.1) is 6.61 Å². The summed E-state index contributed by atoms with van der Waals surface area (Å²) in [6.45, 7) is 0.615. The fraction of sp³-hybridized carbons (Fsp3) is 0.545. The lowest BCUT2D eigenvalue weighted by Gasteiger charge is -2.08. The minimum absolute atomic E-state index is 0.234. The van der Waals surface area contributed by atoms with Crippen molar-refractivity contribution in [2.45, 2.75) is 32.1 Å². The first-order chi connectivity index (χ1) is 6.79. The molecular formula is C11H16O3. The van der Waals surface area contributed by atoms with Gasteiger partial charge in [-0.1, -0.05) is 6.08 Å². The van der Waals surface area contributed by atoms with Crippen LogP contribution in [0.5, 0.6) is 0 Å². The van der Waals surface area contributed by atoms with E-state index in [4.69, 9.17) is 9.84 Å². The molecule has 0 fully saturated rings. The van der Waals surface area contributed by atoms with E-state index in [0.29, 0.717) is 13.0 Å². The van der Waals surface area contributed by atoms with Crippen molar-refractivity contribution in [3.63, 3.8) is 0 Å². The molecule has 14 heavy (non-hydrogen) atoms. The van der Waals surface area contributed by atoms with Crippen molar-refractivity contribution in [2.24, 2.45) is 0 Å². The predicted octanol–water partition coefficient (Wildman–Crippen LogP) is 2.49. The molecule has 1 aliphatic rings. The average Bonchev–Trinajstić information content (AvgIpc) is 2.18. The molecule has 0 atom stereocenters. The second-order valence-electron chi connectivity index (χ2n) is 3.29. The summed E-state index contributed by atoms with van der Waals surface area (Å²) in [5, 5.41) is 8.40. The molecule has 1 rings (SSSR count). The van der Waals surface area contributed by atoms with E-state index < -0.39 is 5.97 Å². The third-order valence-electron chi connectivity index (χ3n) is 2.01. The van der Waals surface area contributed by atoms with Crippen LogP contribution in [0.15, 0.2) is 24.0 Å². The highest BCUT2D eigenvalue weighted by Gasteiger charge is 1.99. The van der Waals surface area contributed by atoms with Gasteiger partial charge >= 0.3 is 5.97 Å². The average molecular weight is 196 g/mol. The second-order valence-corrected chi connectivity index (χ2v) is 3.29. The van der Waals surface area contributed by atoms with Crippen LogP contribution in [0.4, 0.5) is 0 Å². The van der Waals surface area contributed by atoms with Gasteiger partial charge in [0, 0.05) is 6.42 Å². The standard InChI is InChI=1S/C11H16O3/c12-11(13)8-4-5-9-14-10-6-2-1-3-7-10/h2,6-7H,1,3-5,8-9H2,(H,12,13). The quantitative estimate of drug-likeness (QED) is 0.664. The van der Waals surface area contributed by atoms with Gasteiger partial charge in [-0.2, -0.15) is 0 Å². The first kappa shape index (κ1) is 10.8. The lowest BCUT2D eigenvalue weighted by molar-refractivity contribution is -0.137. The topological polar surface area (TPSA) is 46.5 Å². The molecule has 0 aromatic heterocycles. The smallest absolute Gasteiger partial charge is 0.303 e. The summed E-state index contributed by atoms with van der Waals surface area (Å²) in [4.78, 5) is 10.2. The van der Waals surface area contributed by atoms with Crippen LogP contribution in [0, 0.1) is 0 Å². The summed E-state index contributed by atoms with van der Waals surface area (Å²) in [6.07, 6.45) is 9.99. The van der Waals surface area contributed by atoms with Crippen molar-refractivity contribution < 1.29 is 14.6 Å². The number of ether oxygens (including phenoxy) is 1. The van der Waals surface area contributed by atoms with E-state index in [1.54, 1.807) is 0 Å². The first-order valence-corrected chi connectivity index (χ1v) is 5.00. The van der Waals surface area contributed by atoms with Crippen molar-refractivity contribution in [1.29, 1.82) is 0 Å². The van der Waals surface area contributed by atoms with Crippen LogP contribution in [0.3, 0.4) is 0 Å². The molecule has 0 spiro atoms. The Kier molecular flexibility index (Phi) is 4.83. The highest BCUT2D eigenvalue weighted by Crippen LogP contribution is 2.11. The number of hydrogen-bond donors (Lipinski definition) is 1. The molecule has 0 saturated heterocycles. The Morgan fingerprint density at radius 3 is 2.93 bits per heavy atom. The van der Waals surface area contributed by atoms with Crippen molar-refractivity contribution in [1.82, 2.24) is 0 Å². The van der Waals surface area contributed by atoms with Crippen LogP contribution < -0.4 is 0 Å². The number of rotatable bonds is 6. The second kappa shape index (κ2) is 6.24. The van der Waals surface area contributed by atoms with Gasteiger partial charge in [0.2, 0.25) is 0 Å². The SMILES string of the molecule is O=C(O)CCCCOC1=CCCC=C1. The van der Waals surface area contributed by atoms with Crippen LogP contribution in [0.2, 0.25) is 0 Å². The number of aliphatic carboxylic acids is 1. The van der Waals surface area contributed by atoms with Crippen molar-refractivity contribution in [2.75, 3.05) is 6.61 Å². The van der Waals surface area contributed by atoms with E-state index in [-0.39, 0.29) is 6.42 Å². The molecule has 3 heteroatoms. The Balaban J connectivity index is 2.01. The fourth-order valence-electron chi connectivity index (χ4n) is 1.26. The maximum atomic E-state index is 10.2. The van der Waals surface area contributed by atoms with Crippen molar-refractivity contribution in [3.05, 3.63) is 24.0 Å². The normalized spacial score (nSPS) is 15.0. The van der Waals surface area contributed by atoms with Gasteiger partial charge in [-0.25, -0.2) is 0 Å². The van der Waals surface area contributed by atoms with E-state index in [9.17, 15) is 4.79 Å². The summed E-state index contributed by atoms with van der Waals surface area (Å²) in [5.74, 6) is 0.188. The first-order valence-electron chi connectivity index (χ1n) is 5.00. The molecule has 0 aromatic carbocycles. The Bertz CT molecular complexity index is 241. The van der Waals surface area contributed by atoms with Crippen molar-refractivity contribution >= 4 is 5.97 Å². The number of carbonyl (C=O) groups is 1. The number of unbranched alkanes of at least 4 members (excludes halogenated alkanes) is 1.